The Morgan fingerprint density at radius 3 is 2.71 bits per heavy atom. The van der Waals surface area contributed by atoms with E-state index in [0.29, 0.717) is 6.54 Å². The van der Waals surface area contributed by atoms with Crippen LogP contribution in [0.2, 0.25) is 0 Å². The minimum Gasteiger partial charge on any atom is -0.496 e. The number of para-hydroxylation sites is 1. The highest BCUT2D eigenvalue weighted by atomic mass is 32.2. The van der Waals surface area contributed by atoms with Crippen molar-refractivity contribution in [2.45, 2.75) is 24.8 Å². The molecule has 1 aliphatic heterocycles. The van der Waals surface area contributed by atoms with Gasteiger partial charge in [-0.15, -0.1) is 11.8 Å². The lowest BCUT2D eigenvalue weighted by atomic mass is 10.2. The molecule has 0 bridgehead atoms. The Kier molecular flexibility index (Phi) is 5.12. The summed E-state index contributed by atoms with van der Waals surface area (Å²) in [7, 11) is 1.65. The van der Waals surface area contributed by atoms with Crippen molar-refractivity contribution in [1.82, 2.24) is 10.2 Å². The fourth-order valence-corrected chi connectivity index (χ4v) is 3.20. The smallest absolute Gasteiger partial charge is 0.324 e. The molecule has 0 saturated carbocycles. The lowest BCUT2D eigenvalue weighted by molar-refractivity contribution is -0.127. The van der Waals surface area contributed by atoms with Crippen LogP contribution >= 0.6 is 11.8 Å². The molecule has 0 spiro atoms. The van der Waals surface area contributed by atoms with Gasteiger partial charge in [0.15, 0.2) is 0 Å². The van der Waals surface area contributed by atoms with Crippen LogP contribution < -0.4 is 10.1 Å². The van der Waals surface area contributed by atoms with Gasteiger partial charge in [-0.25, -0.2) is 4.79 Å². The molecule has 2 rings (SSSR count). The zero-order valence-electron chi connectivity index (χ0n) is 12.5. The van der Waals surface area contributed by atoms with E-state index >= 15 is 0 Å². The number of benzene rings is 1. The van der Waals surface area contributed by atoms with Crippen LogP contribution in [0.15, 0.2) is 29.2 Å². The van der Waals surface area contributed by atoms with Gasteiger partial charge in [-0.3, -0.25) is 9.69 Å². The summed E-state index contributed by atoms with van der Waals surface area (Å²) < 4.78 is 5.31. The van der Waals surface area contributed by atoms with E-state index in [1.807, 2.05) is 31.2 Å². The molecule has 1 aromatic carbocycles. The molecule has 0 aromatic heterocycles. The van der Waals surface area contributed by atoms with Crippen LogP contribution in [0.4, 0.5) is 4.79 Å². The first-order valence-corrected chi connectivity index (χ1v) is 7.89. The van der Waals surface area contributed by atoms with Crippen molar-refractivity contribution < 1.29 is 14.3 Å². The van der Waals surface area contributed by atoms with Gasteiger partial charge in [-0.2, -0.15) is 0 Å². The van der Waals surface area contributed by atoms with E-state index in [2.05, 4.69) is 5.32 Å². The second-order valence-corrected chi connectivity index (χ2v) is 6.25. The largest absolute Gasteiger partial charge is 0.496 e. The molecule has 114 valence electrons. The van der Waals surface area contributed by atoms with E-state index in [9.17, 15) is 9.59 Å². The van der Waals surface area contributed by atoms with Crippen molar-refractivity contribution in [2.75, 3.05) is 19.4 Å². The molecular formula is C15H20N2O3S. The fraction of sp³-hybridized carbons (Fsp3) is 0.467. The summed E-state index contributed by atoms with van der Waals surface area (Å²) in [5.74, 6) is 1.72. The first-order valence-electron chi connectivity index (χ1n) is 6.90. The summed E-state index contributed by atoms with van der Waals surface area (Å²) in [6.07, 6.45) is 0. The van der Waals surface area contributed by atoms with E-state index in [-0.39, 0.29) is 17.9 Å². The highest BCUT2D eigenvalue weighted by Gasteiger charge is 2.35. The number of carbonyl (C=O) groups excluding carboxylic acids is 2. The van der Waals surface area contributed by atoms with E-state index in [4.69, 9.17) is 4.74 Å². The predicted octanol–water partition coefficient (Wildman–Crippen LogP) is 2.36. The number of ether oxygens (including phenoxy) is 1. The highest BCUT2D eigenvalue weighted by molar-refractivity contribution is 7.99. The van der Waals surface area contributed by atoms with E-state index in [0.717, 1.165) is 16.4 Å². The minimum absolute atomic E-state index is 0.144. The monoisotopic (exact) mass is 308 g/mol. The molecule has 0 aliphatic carbocycles. The Balaban J connectivity index is 1.89. The molecule has 1 saturated heterocycles. The fourth-order valence-electron chi connectivity index (χ4n) is 2.17. The van der Waals surface area contributed by atoms with Crippen LogP contribution in [0.25, 0.3) is 0 Å². The number of nitrogens with zero attached hydrogens (tertiary/aromatic N) is 1. The Morgan fingerprint density at radius 2 is 2.10 bits per heavy atom. The SMILES string of the molecule is COc1ccccc1SC[C@H](C)CN1C(=O)N[C@@H](C)C1=O. The first kappa shape index (κ1) is 15.7. The molecule has 3 amide bonds. The van der Waals surface area contributed by atoms with E-state index < -0.39 is 6.04 Å². The Morgan fingerprint density at radius 1 is 1.38 bits per heavy atom. The van der Waals surface area contributed by atoms with Crippen LogP contribution in [-0.2, 0) is 4.79 Å². The van der Waals surface area contributed by atoms with Crippen molar-refractivity contribution in [3.05, 3.63) is 24.3 Å². The summed E-state index contributed by atoms with van der Waals surface area (Å²) in [6.45, 7) is 4.18. The van der Waals surface area contributed by atoms with Crippen molar-refractivity contribution in [3.8, 4) is 5.75 Å². The van der Waals surface area contributed by atoms with Gasteiger partial charge in [0.1, 0.15) is 11.8 Å². The number of imide groups is 1. The maximum atomic E-state index is 11.8. The molecule has 5 nitrogen and oxygen atoms in total. The number of rotatable bonds is 6. The average molecular weight is 308 g/mol. The summed E-state index contributed by atoms with van der Waals surface area (Å²) >= 11 is 1.67. The number of nitrogens with one attached hydrogen (secondary N) is 1. The number of methoxy groups -OCH3 is 1. The van der Waals surface area contributed by atoms with Crippen LogP contribution in [-0.4, -0.2) is 42.3 Å². The number of thioether (sulfide) groups is 1. The van der Waals surface area contributed by atoms with Gasteiger partial charge >= 0.3 is 6.03 Å². The molecule has 1 aliphatic rings. The van der Waals surface area contributed by atoms with Crippen LogP contribution in [0, 0.1) is 5.92 Å². The average Bonchev–Trinajstić information content (AvgIpc) is 2.72. The van der Waals surface area contributed by atoms with Crippen molar-refractivity contribution in [2.24, 2.45) is 5.92 Å². The summed E-state index contributed by atoms with van der Waals surface area (Å²) in [4.78, 5) is 25.9. The summed E-state index contributed by atoms with van der Waals surface area (Å²) in [5, 5.41) is 2.62. The number of urea groups is 1. The molecule has 1 fully saturated rings. The second-order valence-electron chi connectivity index (χ2n) is 5.19. The molecule has 21 heavy (non-hydrogen) atoms. The molecule has 0 unspecified atom stereocenters. The van der Waals surface area contributed by atoms with Crippen molar-refractivity contribution in [3.63, 3.8) is 0 Å². The number of hydrogen-bond acceptors (Lipinski definition) is 4. The molecular weight excluding hydrogens is 288 g/mol. The molecule has 1 N–H and O–H groups in total. The normalized spacial score (nSPS) is 19.6. The maximum Gasteiger partial charge on any atom is 0.324 e. The lowest BCUT2D eigenvalue weighted by Gasteiger charge is -2.18. The minimum atomic E-state index is -0.411. The lowest BCUT2D eigenvalue weighted by Crippen LogP contribution is -2.35. The topological polar surface area (TPSA) is 58.6 Å². The van der Waals surface area contributed by atoms with Gasteiger partial charge in [-0.1, -0.05) is 19.1 Å². The number of hydrogen-bond donors (Lipinski definition) is 1. The number of amides is 3. The number of carbonyl (C=O) groups is 2. The maximum absolute atomic E-state index is 11.8. The first-order chi connectivity index (χ1) is 10.0. The Bertz CT molecular complexity index is 535. The van der Waals surface area contributed by atoms with Gasteiger partial charge in [0.2, 0.25) is 0 Å². The summed E-state index contributed by atoms with van der Waals surface area (Å²) in [5.41, 5.74) is 0. The van der Waals surface area contributed by atoms with Crippen molar-refractivity contribution >= 4 is 23.7 Å². The van der Waals surface area contributed by atoms with Gasteiger partial charge in [0.05, 0.1) is 7.11 Å². The third-order valence-electron chi connectivity index (χ3n) is 3.31. The highest BCUT2D eigenvalue weighted by Crippen LogP contribution is 2.30. The molecule has 0 radical (unpaired) electrons. The molecule has 1 aromatic rings. The second kappa shape index (κ2) is 6.85. The van der Waals surface area contributed by atoms with Gasteiger partial charge in [0, 0.05) is 17.2 Å². The van der Waals surface area contributed by atoms with E-state index in [1.54, 1.807) is 25.8 Å². The van der Waals surface area contributed by atoms with Crippen LogP contribution in [0.3, 0.4) is 0 Å². The zero-order valence-corrected chi connectivity index (χ0v) is 13.3. The third-order valence-corrected chi connectivity index (χ3v) is 4.69. The summed E-state index contributed by atoms with van der Waals surface area (Å²) in [6, 6.07) is 7.13. The zero-order chi connectivity index (χ0) is 15.4. The Hall–Kier alpha value is -1.69. The molecule has 2 atom stereocenters. The van der Waals surface area contributed by atoms with E-state index in [1.165, 1.54) is 4.90 Å². The standard InChI is InChI=1S/C15H20N2O3S/c1-10(8-17-14(18)11(2)16-15(17)19)9-21-13-7-5-4-6-12(13)20-3/h4-7,10-11H,8-9H2,1-3H3,(H,16,19)/t10-,11+/m1/s1. The van der Waals surface area contributed by atoms with Crippen LogP contribution in [0.5, 0.6) is 5.75 Å². The third kappa shape index (κ3) is 3.69. The molecule has 1 heterocycles. The van der Waals surface area contributed by atoms with Gasteiger partial charge < -0.3 is 10.1 Å². The predicted molar refractivity (Wildman–Crippen MR) is 82.6 cm³/mol. The Labute approximate surface area is 129 Å². The van der Waals surface area contributed by atoms with Crippen LogP contribution in [0.1, 0.15) is 13.8 Å². The molecule has 6 heteroatoms. The van der Waals surface area contributed by atoms with Gasteiger partial charge in [0.25, 0.3) is 5.91 Å². The van der Waals surface area contributed by atoms with Crippen molar-refractivity contribution in [1.29, 1.82) is 0 Å². The van der Waals surface area contributed by atoms with Gasteiger partial charge in [-0.05, 0) is 25.0 Å². The quantitative estimate of drug-likeness (QED) is 0.647.